The van der Waals surface area contributed by atoms with Gasteiger partial charge in [0, 0.05) is 41.7 Å². The van der Waals surface area contributed by atoms with Crippen LogP contribution < -0.4 is 9.47 Å². The highest BCUT2D eigenvalue weighted by molar-refractivity contribution is 7.99. The van der Waals surface area contributed by atoms with Gasteiger partial charge in [-0.2, -0.15) is 0 Å². The molecular formula is C29H32F4N2O4S. The van der Waals surface area contributed by atoms with E-state index in [0.717, 1.165) is 13.0 Å². The number of carboxylic acids is 1. The van der Waals surface area contributed by atoms with Crippen LogP contribution in [-0.4, -0.2) is 59.8 Å². The Balaban J connectivity index is 1.32. The van der Waals surface area contributed by atoms with Gasteiger partial charge in [0.1, 0.15) is 17.7 Å². The number of nitrogens with zero attached hydrogens (tertiary/aromatic N) is 2. The summed E-state index contributed by atoms with van der Waals surface area (Å²) in [6, 6.07) is 12.9. The molecular weight excluding hydrogens is 548 g/mol. The van der Waals surface area contributed by atoms with Crippen molar-refractivity contribution < 1.29 is 36.9 Å². The Labute approximate surface area is 234 Å². The number of rotatable bonds is 12. The van der Waals surface area contributed by atoms with E-state index in [1.54, 1.807) is 43.6 Å². The van der Waals surface area contributed by atoms with Crippen molar-refractivity contribution in [2.24, 2.45) is 11.8 Å². The number of hydrogen-bond donors (Lipinski definition) is 1. The molecule has 11 heteroatoms. The predicted molar refractivity (Wildman–Crippen MR) is 146 cm³/mol. The number of carbonyl (C=O) groups is 1. The molecule has 3 aromatic rings. The summed E-state index contributed by atoms with van der Waals surface area (Å²) < 4.78 is 62.3. The van der Waals surface area contributed by atoms with E-state index in [2.05, 4.69) is 14.6 Å². The number of fused-ring (bicyclic) bond motifs is 1. The monoisotopic (exact) mass is 580 g/mol. The van der Waals surface area contributed by atoms with E-state index in [9.17, 15) is 23.1 Å². The summed E-state index contributed by atoms with van der Waals surface area (Å²) in [4.78, 5) is 18.8. The Morgan fingerprint density at radius 1 is 1.18 bits per heavy atom. The van der Waals surface area contributed by atoms with Crippen LogP contribution in [-0.2, 0) is 4.79 Å². The molecule has 1 unspecified atom stereocenters. The van der Waals surface area contributed by atoms with E-state index in [4.69, 9.17) is 4.74 Å². The zero-order valence-corrected chi connectivity index (χ0v) is 22.9. The fraction of sp³-hybridized carbons (Fsp3) is 0.448. The maximum atomic E-state index is 15.5. The molecule has 40 heavy (non-hydrogen) atoms. The SMILES string of the molecule is COc1ccc2nccc(C(F)CC[C@@H]3CCN(CCSc4cccc(OC(F)(F)F)c4)C[C@@H]3CC(=O)O)c2c1. The molecule has 2 aromatic carbocycles. The van der Waals surface area contributed by atoms with E-state index in [-0.39, 0.29) is 30.4 Å². The van der Waals surface area contributed by atoms with Gasteiger partial charge in [0.15, 0.2) is 0 Å². The van der Waals surface area contributed by atoms with Crippen LogP contribution in [0, 0.1) is 11.8 Å². The van der Waals surface area contributed by atoms with Crippen molar-refractivity contribution in [2.75, 3.05) is 32.5 Å². The molecule has 1 fully saturated rings. The van der Waals surface area contributed by atoms with Gasteiger partial charge in [-0.15, -0.1) is 24.9 Å². The Hall–Kier alpha value is -3.05. The van der Waals surface area contributed by atoms with Crippen LogP contribution in [0.3, 0.4) is 0 Å². The van der Waals surface area contributed by atoms with E-state index in [0.29, 0.717) is 52.4 Å². The molecule has 216 valence electrons. The molecule has 1 N–H and O–H groups in total. The van der Waals surface area contributed by atoms with Crippen LogP contribution in [0.25, 0.3) is 10.9 Å². The summed E-state index contributed by atoms with van der Waals surface area (Å²) in [5.74, 6) is 0.0914. The van der Waals surface area contributed by atoms with Gasteiger partial charge >= 0.3 is 12.3 Å². The summed E-state index contributed by atoms with van der Waals surface area (Å²) in [6.07, 6.45) is -2.74. The number of alkyl halides is 4. The number of hydrogen-bond acceptors (Lipinski definition) is 6. The Kier molecular flexibility index (Phi) is 10.1. The summed E-state index contributed by atoms with van der Waals surface area (Å²) in [5, 5.41) is 10.2. The number of benzene rings is 2. The van der Waals surface area contributed by atoms with Gasteiger partial charge in [0.05, 0.1) is 12.6 Å². The molecule has 1 aliphatic rings. The molecule has 0 radical (unpaired) electrons. The summed E-state index contributed by atoms with van der Waals surface area (Å²) in [6.45, 7) is 2.00. The number of methoxy groups -OCH3 is 1. The molecule has 0 bridgehead atoms. The molecule has 6 nitrogen and oxygen atoms in total. The highest BCUT2D eigenvalue weighted by Crippen LogP contribution is 2.36. The van der Waals surface area contributed by atoms with Gasteiger partial charge in [-0.1, -0.05) is 6.07 Å². The maximum absolute atomic E-state index is 15.5. The van der Waals surface area contributed by atoms with Crippen molar-refractivity contribution in [1.82, 2.24) is 9.88 Å². The third-order valence-electron chi connectivity index (χ3n) is 7.24. The third kappa shape index (κ3) is 8.47. The number of aliphatic carboxylic acids is 1. The number of piperidine rings is 1. The van der Waals surface area contributed by atoms with Crippen molar-refractivity contribution in [2.45, 2.75) is 43.1 Å². The van der Waals surface area contributed by atoms with Gasteiger partial charge in [0.25, 0.3) is 0 Å². The van der Waals surface area contributed by atoms with Crippen molar-refractivity contribution >= 4 is 28.6 Å². The van der Waals surface area contributed by atoms with Crippen LogP contribution in [0.4, 0.5) is 17.6 Å². The first-order valence-corrected chi connectivity index (χ1v) is 14.1. The fourth-order valence-corrected chi connectivity index (χ4v) is 6.27. The Morgan fingerprint density at radius 2 is 2.00 bits per heavy atom. The van der Waals surface area contributed by atoms with Crippen LogP contribution in [0.5, 0.6) is 11.5 Å². The van der Waals surface area contributed by atoms with Crippen molar-refractivity contribution in [3.05, 3.63) is 60.3 Å². The lowest BCUT2D eigenvalue weighted by Crippen LogP contribution is -2.42. The first-order valence-electron chi connectivity index (χ1n) is 13.1. The molecule has 0 saturated carbocycles. The smallest absolute Gasteiger partial charge is 0.497 e. The minimum absolute atomic E-state index is 0.0114. The highest BCUT2D eigenvalue weighted by Gasteiger charge is 2.32. The van der Waals surface area contributed by atoms with Gasteiger partial charge in [-0.05, 0) is 85.7 Å². The Morgan fingerprint density at radius 3 is 2.75 bits per heavy atom. The summed E-state index contributed by atoms with van der Waals surface area (Å²) in [5.41, 5.74) is 1.24. The highest BCUT2D eigenvalue weighted by atomic mass is 32.2. The number of pyridine rings is 1. The van der Waals surface area contributed by atoms with Crippen molar-refractivity contribution in [3.8, 4) is 11.5 Å². The summed E-state index contributed by atoms with van der Waals surface area (Å²) >= 11 is 1.42. The second-order valence-electron chi connectivity index (χ2n) is 9.91. The molecule has 2 heterocycles. The molecule has 3 atom stereocenters. The number of halogens is 4. The molecule has 0 aliphatic carbocycles. The number of ether oxygens (including phenoxy) is 2. The molecule has 1 saturated heterocycles. The standard InChI is InChI=1S/C29H32F4N2O4S/c1-38-21-6-8-27-25(17-21)24(9-11-34-27)26(30)7-5-19-10-12-35(18-20(19)15-28(36)37)13-14-40-23-4-2-3-22(16-23)39-29(31,32)33/h2-4,6,8-9,11,16-17,19-20,26H,5,7,10,12-15,18H2,1H3,(H,36,37)/t19-,20+,26?/m1/s1. The Bertz CT molecular complexity index is 1290. The maximum Gasteiger partial charge on any atom is 0.573 e. The lowest BCUT2D eigenvalue weighted by Gasteiger charge is -2.38. The zero-order chi connectivity index (χ0) is 28.7. The first-order chi connectivity index (χ1) is 19.1. The lowest BCUT2D eigenvalue weighted by molar-refractivity contribution is -0.274. The van der Waals surface area contributed by atoms with Gasteiger partial charge in [-0.3, -0.25) is 9.78 Å². The number of carboxylic acid groups (broad SMARTS) is 1. The van der Waals surface area contributed by atoms with E-state index >= 15 is 4.39 Å². The number of likely N-dealkylation sites (tertiary alicyclic amines) is 1. The number of thioether (sulfide) groups is 1. The van der Waals surface area contributed by atoms with Crippen molar-refractivity contribution in [3.63, 3.8) is 0 Å². The minimum Gasteiger partial charge on any atom is -0.497 e. The second kappa shape index (κ2) is 13.5. The van der Waals surface area contributed by atoms with Crippen LogP contribution in [0.15, 0.2) is 59.6 Å². The molecule has 1 aromatic heterocycles. The predicted octanol–water partition coefficient (Wildman–Crippen LogP) is 7.14. The van der Waals surface area contributed by atoms with E-state index in [1.165, 1.54) is 30.0 Å². The van der Waals surface area contributed by atoms with Gasteiger partial charge in [-0.25, -0.2) is 4.39 Å². The zero-order valence-electron chi connectivity index (χ0n) is 22.1. The van der Waals surface area contributed by atoms with E-state index < -0.39 is 18.5 Å². The molecule has 0 spiro atoms. The third-order valence-corrected chi connectivity index (χ3v) is 8.21. The second-order valence-corrected chi connectivity index (χ2v) is 11.1. The van der Waals surface area contributed by atoms with Crippen LogP contribution >= 0.6 is 11.8 Å². The fourth-order valence-electron chi connectivity index (χ4n) is 5.31. The van der Waals surface area contributed by atoms with E-state index in [1.807, 2.05) is 0 Å². The number of aromatic nitrogens is 1. The quantitative estimate of drug-likeness (QED) is 0.180. The average Bonchev–Trinajstić information content (AvgIpc) is 2.90. The molecule has 4 rings (SSSR count). The van der Waals surface area contributed by atoms with Gasteiger partial charge < -0.3 is 19.5 Å². The minimum atomic E-state index is -4.74. The molecule has 1 aliphatic heterocycles. The normalized spacial score (nSPS) is 18.9. The summed E-state index contributed by atoms with van der Waals surface area (Å²) in [7, 11) is 1.56. The topological polar surface area (TPSA) is 71.9 Å². The van der Waals surface area contributed by atoms with Gasteiger partial charge in [0.2, 0.25) is 0 Å². The average molecular weight is 581 g/mol. The molecule has 0 amide bonds. The van der Waals surface area contributed by atoms with Crippen LogP contribution in [0.2, 0.25) is 0 Å². The first kappa shape index (κ1) is 29.9. The lowest BCUT2D eigenvalue weighted by atomic mass is 9.79. The van der Waals surface area contributed by atoms with Crippen LogP contribution in [0.1, 0.15) is 37.4 Å². The largest absolute Gasteiger partial charge is 0.573 e. The van der Waals surface area contributed by atoms with Crippen molar-refractivity contribution in [1.29, 1.82) is 0 Å².